The van der Waals surface area contributed by atoms with Gasteiger partial charge in [-0.1, -0.05) is 6.42 Å². The van der Waals surface area contributed by atoms with Crippen LogP contribution in [0.15, 0.2) is 47.4 Å². The zero-order valence-corrected chi connectivity index (χ0v) is 21.1. The van der Waals surface area contributed by atoms with Crippen LogP contribution in [0.5, 0.6) is 5.75 Å². The van der Waals surface area contributed by atoms with Crippen LogP contribution < -0.4 is 15.0 Å². The van der Waals surface area contributed by atoms with Crippen LogP contribution in [0.3, 0.4) is 0 Å². The number of rotatable bonds is 7. The molecular weight excluding hydrogens is 471 g/mol. The lowest BCUT2D eigenvalue weighted by Gasteiger charge is -2.35. The molecule has 2 aliphatic heterocycles. The summed E-state index contributed by atoms with van der Waals surface area (Å²) in [4.78, 5) is 17.6. The van der Waals surface area contributed by atoms with Gasteiger partial charge in [-0.25, -0.2) is 12.8 Å². The van der Waals surface area contributed by atoms with Gasteiger partial charge < -0.3 is 19.9 Å². The highest BCUT2D eigenvalue weighted by atomic mass is 32.2. The number of benzene rings is 2. The van der Waals surface area contributed by atoms with Gasteiger partial charge in [0.15, 0.2) is 6.10 Å². The molecule has 2 saturated heterocycles. The Morgan fingerprint density at radius 1 is 0.971 bits per heavy atom. The minimum absolute atomic E-state index is 0.166. The number of amides is 1. The maximum absolute atomic E-state index is 13.3. The summed E-state index contributed by atoms with van der Waals surface area (Å²) in [5.74, 6) is -0.440. The molecule has 0 unspecified atom stereocenters. The molecule has 0 aliphatic carbocycles. The second-order valence-electron chi connectivity index (χ2n) is 9.14. The zero-order valence-electron chi connectivity index (χ0n) is 20.2. The largest absolute Gasteiger partial charge is 0.481 e. The Kier molecular flexibility index (Phi) is 7.93. The Bertz CT molecular complexity index is 1130. The number of hydrogen-bond donors (Lipinski definition) is 1. The maximum atomic E-state index is 13.3. The van der Waals surface area contributed by atoms with Crippen molar-refractivity contribution in [1.29, 1.82) is 0 Å². The summed E-state index contributed by atoms with van der Waals surface area (Å²) >= 11 is 0. The van der Waals surface area contributed by atoms with Gasteiger partial charge in [-0.15, -0.1) is 0 Å². The number of sulfonamides is 1. The number of likely N-dealkylation sites (N-methyl/N-ethyl adjacent to an activating group) is 1. The van der Waals surface area contributed by atoms with Gasteiger partial charge in [-0.3, -0.25) is 4.79 Å². The number of halogens is 1. The Morgan fingerprint density at radius 2 is 1.63 bits per heavy atom. The van der Waals surface area contributed by atoms with E-state index in [0.717, 1.165) is 51.1 Å². The average Bonchev–Trinajstić information content (AvgIpc) is 2.86. The van der Waals surface area contributed by atoms with E-state index in [1.165, 1.54) is 28.6 Å². The molecule has 1 amide bonds. The van der Waals surface area contributed by atoms with Crippen LogP contribution in [0.4, 0.5) is 15.8 Å². The lowest BCUT2D eigenvalue weighted by Crippen LogP contribution is -2.45. The number of carbonyl (C=O) groups excluding carboxylic acids is 1. The zero-order chi connectivity index (χ0) is 25.0. The molecule has 2 aliphatic rings. The van der Waals surface area contributed by atoms with E-state index in [1.807, 2.05) is 0 Å². The van der Waals surface area contributed by atoms with Gasteiger partial charge in [0.05, 0.1) is 16.3 Å². The van der Waals surface area contributed by atoms with Crippen molar-refractivity contribution in [2.75, 3.05) is 56.5 Å². The van der Waals surface area contributed by atoms with Crippen molar-refractivity contribution in [2.24, 2.45) is 0 Å². The van der Waals surface area contributed by atoms with Crippen LogP contribution in [0.1, 0.15) is 26.2 Å². The number of carbonyl (C=O) groups is 1. The van der Waals surface area contributed by atoms with Crippen molar-refractivity contribution in [2.45, 2.75) is 37.2 Å². The van der Waals surface area contributed by atoms with Crippen molar-refractivity contribution in [3.05, 3.63) is 48.3 Å². The summed E-state index contributed by atoms with van der Waals surface area (Å²) in [7, 11) is -1.60. The Balaban J connectivity index is 1.59. The third kappa shape index (κ3) is 6.12. The fourth-order valence-electron chi connectivity index (χ4n) is 4.36. The van der Waals surface area contributed by atoms with E-state index in [9.17, 15) is 17.6 Å². The lowest BCUT2D eigenvalue weighted by molar-refractivity contribution is -0.122. The minimum atomic E-state index is -3.66. The molecule has 10 heteroatoms. The molecule has 0 aromatic heterocycles. The normalized spacial score (nSPS) is 18.8. The van der Waals surface area contributed by atoms with Crippen LogP contribution in [-0.4, -0.2) is 76.0 Å². The van der Waals surface area contributed by atoms with Crippen molar-refractivity contribution in [3.63, 3.8) is 0 Å². The molecule has 0 bridgehead atoms. The standard InChI is InChI=1S/C25H33FN4O4S/c1-19(34-21-8-6-20(26)7-9-21)25(31)27-23-18-22(35(32,33)30-12-4-3-5-13-30)10-11-24(23)29-16-14-28(2)15-17-29/h6-11,18-19H,3-5,12-17H2,1-2H3,(H,27,31)/t19-/m1/s1. The topological polar surface area (TPSA) is 82.2 Å². The molecule has 35 heavy (non-hydrogen) atoms. The predicted molar refractivity (Wildman–Crippen MR) is 134 cm³/mol. The van der Waals surface area contributed by atoms with Gasteiger partial charge in [-0.05, 0) is 69.3 Å². The third-order valence-electron chi connectivity index (χ3n) is 6.52. The van der Waals surface area contributed by atoms with E-state index in [2.05, 4.69) is 22.2 Å². The fourth-order valence-corrected chi connectivity index (χ4v) is 5.90. The highest BCUT2D eigenvalue weighted by molar-refractivity contribution is 7.89. The fraction of sp³-hybridized carbons (Fsp3) is 0.480. The third-order valence-corrected chi connectivity index (χ3v) is 8.41. The number of hydrogen-bond acceptors (Lipinski definition) is 6. The van der Waals surface area contributed by atoms with Crippen LogP contribution in [0.25, 0.3) is 0 Å². The van der Waals surface area contributed by atoms with Gasteiger partial charge in [0.2, 0.25) is 10.0 Å². The summed E-state index contributed by atoms with van der Waals surface area (Å²) in [5.41, 5.74) is 1.21. The first-order chi connectivity index (χ1) is 16.7. The summed E-state index contributed by atoms with van der Waals surface area (Å²) < 4.78 is 47.0. The number of nitrogens with zero attached hydrogens (tertiary/aromatic N) is 3. The number of piperidine rings is 1. The Morgan fingerprint density at radius 3 is 2.29 bits per heavy atom. The van der Waals surface area contributed by atoms with Crippen LogP contribution in [0, 0.1) is 5.82 Å². The molecule has 1 atom stereocenters. The molecule has 4 rings (SSSR count). The van der Waals surface area contributed by atoms with E-state index >= 15 is 0 Å². The lowest BCUT2D eigenvalue weighted by atomic mass is 10.2. The molecule has 2 aromatic carbocycles. The molecule has 1 N–H and O–H groups in total. The van der Waals surface area contributed by atoms with E-state index in [4.69, 9.17) is 4.74 Å². The van der Waals surface area contributed by atoms with Crippen LogP contribution in [-0.2, 0) is 14.8 Å². The SMILES string of the molecule is C[C@@H](Oc1ccc(F)cc1)C(=O)Nc1cc(S(=O)(=O)N2CCCCC2)ccc1N1CCN(C)CC1. The molecule has 2 heterocycles. The monoisotopic (exact) mass is 504 g/mol. The first kappa shape index (κ1) is 25.4. The van der Waals surface area contributed by atoms with E-state index in [-0.39, 0.29) is 4.90 Å². The van der Waals surface area contributed by atoms with Crippen LogP contribution in [0.2, 0.25) is 0 Å². The quantitative estimate of drug-likeness (QED) is 0.624. The van der Waals surface area contributed by atoms with E-state index in [0.29, 0.717) is 24.5 Å². The van der Waals surface area contributed by atoms with Gasteiger partial charge >= 0.3 is 0 Å². The number of anilines is 2. The van der Waals surface area contributed by atoms with E-state index < -0.39 is 27.9 Å². The Hall–Kier alpha value is -2.69. The van der Waals surface area contributed by atoms with Gasteiger partial charge in [0.1, 0.15) is 11.6 Å². The highest BCUT2D eigenvalue weighted by Crippen LogP contribution is 2.32. The van der Waals surface area contributed by atoms with E-state index in [1.54, 1.807) is 25.1 Å². The van der Waals surface area contributed by atoms with Crippen molar-refractivity contribution in [1.82, 2.24) is 9.21 Å². The molecule has 0 saturated carbocycles. The smallest absolute Gasteiger partial charge is 0.265 e. The maximum Gasteiger partial charge on any atom is 0.265 e. The molecular formula is C25H33FN4O4S. The summed E-state index contributed by atoms with van der Waals surface area (Å²) in [6.45, 7) is 5.87. The van der Waals surface area contributed by atoms with Gasteiger partial charge in [-0.2, -0.15) is 4.31 Å². The summed E-state index contributed by atoms with van der Waals surface area (Å²) in [6, 6.07) is 10.4. The second-order valence-corrected chi connectivity index (χ2v) is 11.1. The van der Waals surface area contributed by atoms with Crippen molar-refractivity contribution < 1.29 is 22.3 Å². The van der Waals surface area contributed by atoms with Crippen molar-refractivity contribution >= 4 is 27.3 Å². The number of ether oxygens (including phenoxy) is 1. The van der Waals surface area contributed by atoms with Crippen LogP contribution >= 0.6 is 0 Å². The molecule has 2 fully saturated rings. The number of nitrogens with one attached hydrogen (secondary N) is 1. The molecule has 8 nitrogen and oxygen atoms in total. The molecule has 0 spiro atoms. The summed E-state index contributed by atoms with van der Waals surface area (Å²) in [6.07, 6.45) is 1.85. The minimum Gasteiger partial charge on any atom is -0.481 e. The molecule has 0 radical (unpaired) electrons. The summed E-state index contributed by atoms with van der Waals surface area (Å²) in [5, 5.41) is 2.89. The molecule has 190 valence electrons. The molecule has 2 aromatic rings. The average molecular weight is 505 g/mol. The number of piperazine rings is 1. The predicted octanol–water partition coefficient (Wildman–Crippen LogP) is 3.16. The second kappa shape index (κ2) is 10.9. The first-order valence-corrected chi connectivity index (χ1v) is 13.5. The van der Waals surface area contributed by atoms with Gasteiger partial charge in [0, 0.05) is 39.3 Å². The highest BCUT2D eigenvalue weighted by Gasteiger charge is 2.28. The van der Waals surface area contributed by atoms with Crippen molar-refractivity contribution in [3.8, 4) is 5.75 Å². The van der Waals surface area contributed by atoms with Gasteiger partial charge in [0.25, 0.3) is 5.91 Å². The first-order valence-electron chi connectivity index (χ1n) is 12.0. The Labute approximate surface area is 206 Å².